The lowest BCUT2D eigenvalue weighted by Gasteiger charge is -2.08. The summed E-state index contributed by atoms with van der Waals surface area (Å²) in [6, 6.07) is 5.78. The Morgan fingerprint density at radius 2 is 2.15 bits per heavy atom. The molecule has 1 aromatic heterocycles. The maximum absolute atomic E-state index is 11.5. The fourth-order valence-corrected chi connectivity index (χ4v) is 1.51. The van der Waals surface area contributed by atoms with Crippen molar-refractivity contribution in [3.63, 3.8) is 0 Å². The molecular weight excluding hydrogens is 264 g/mol. The van der Waals surface area contributed by atoms with E-state index in [1.807, 2.05) is 6.07 Å². The van der Waals surface area contributed by atoms with E-state index in [0.717, 1.165) is 6.08 Å². The van der Waals surface area contributed by atoms with E-state index in [2.05, 4.69) is 10.3 Å². The number of nitrogens with one attached hydrogen (secondary N) is 1. The highest BCUT2D eigenvalue weighted by Crippen LogP contribution is 2.15. The van der Waals surface area contributed by atoms with Crippen LogP contribution in [0, 0.1) is 0 Å². The maximum Gasteiger partial charge on any atom is 0.328 e. The normalized spacial score (nSPS) is 12.7. The van der Waals surface area contributed by atoms with Gasteiger partial charge in [0.25, 0.3) is 0 Å². The van der Waals surface area contributed by atoms with Crippen LogP contribution < -0.4 is 5.32 Å². The largest absolute Gasteiger partial charge is 0.480 e. The number of aliphatic hydroxyl groups excluding tert-OH is 1. The number of amides is 1. The van der Waals surface area contributed by atoms with Gasteiger partial charge in [-0.3, -0.25) is 4.79 Å². The average Bonchev–Trinajstić information content (AvgIpc) is 2.85. The minimum atomic E-state index is -1.34. The van der Waals surface area contributed by atoms with Gasteiger partial charge in [-0.25, -0.2) is 9.78 Å². The summed E-state index contributed by atoms with van der Waals surface area (Å²) in [5, 5.41) is 19.6. The van der Waals surface area contributed by atoms with Crippen molar-refractivity contribution in [3.8, 4) is 0 Å². The van der Waals surface area contributed by atoms with Crippen LogP contribution in [0.5, 0.6) is 0 Å². The van der Waals surface area contributed by atoms with Crippen molar-refractivity contribution in [3.05, 3.63) is 36.2 Å². The number of nitrogens with zero attached hydrogens (tertiary/aromatic N) is 1. The molecule has 0 saturated carbocycles. The molecule has 20 heavy (non-hydrogen) atoms. The summed E-state index contributed by atoms with van der Waals surface area (Å²) >= 11 is 0. The topological polar surface area (TPSA) is 113 Å². The van der Waals surface area contributed by atoms with Gasteiger partial charge in [-0.2, -0.15) is 0 Å². The average molecular weight is 276 g/mol. The number of carboxylic acids is 1. The first-order valence-corrected chi connectivity index (χ1v) is 5.78. The number of oxazole rings is 1. The second-order valence-corrected chi connectivity index (χ2v) is 3.94. The smallest absolute Gasteiger partial charge is 0.328 e. The van der Waals surface area contributed by atoms with Crippen LogP contribution in [-0.4, -0.2) is 39.7 Å². The number of rotatable bonds is 5. The molecule has 3 N–H and O–H groups in total. The zero-order valence-corrected chi connectivity index (χ0v) is 10.3. The van der Waals surface area contributed by atoms with Gasteiger partial charge in [-0.15, -0.1) is 0 Å². The lowest BCUT2D eigenvalue weighted by Crippen LogP contribution is -2.42. The first-order valence-electron chi connectivity index (χ1n) is 5.78. The number of aliphatic carboxylic acids is 1. The van der Waals surface area contributed by atoms with Crippen LogP contribution in [0.1, 0.15) is 5.89 Å². The SMILES string of the molecule is O=C(/C=C/c1nc2ccccc2o1)N[C@@H](CO)C(=O)O. The molecule has 0 saturated heterocycles. The third-order valence-electron chi connectivity index (χ3n) is 2.48. The lowest BCUT2D eigenvalue weighted by molar-refractivity contribution is -0.142. The van der Waals surface area contributed by atoms with Gasteiger partial charge < -0.3 is 19.9 Å². The van der Waals surface area contributed by atoms with Gasteiger partial charge in [-0.1, -0.05) is 12.1 Å². The highest BCUT2D eigenvalue weighted by Gasteiger charge is 2.17. The van der Waals surface area contributed by atoms with Crippen molar-refractivity contribution in [2.24, 2.45) is 0 Å². The summed E-state index contributed by atoms with van der Waals surface area (Å²) < 4.78 is 5.35. The predicted molar refractivity (Wildman–Crippen MR) is 69.7 cm³/mol. The minimum Gasteiger partial charge on any atom is -0.480 e. The van der Waals surface area contributed by atoms with Crippen LogP contribution in [0.4, 0.5) is 0 Å². The lowest BCUT2D eigenvalue weighted by atomic mass is 10.3. The molecule has 1 heterocycles. The summed E-state index contributed by atoms with van der Waals surface area (Å²) in [5.41, 5.74) is 1.25. The summed E-state index contributed by atoms with van der Waals surface area (Å²) in [7, 11) is 0. The van der Waals surface area contributed by atoms with Crippen LogP contribution >= 0.6 is 0 Å². The van der Waals surface area contributed by atoms with Gasteiger partial charge in [0.2, 0.25) is 11.8 Å². The van der Waals surface area contributed by atoms with Crippen molar-refractivity contribution < 1.29 is 24.2 Å². The number of hydrogen-bond donors (Lipinski definition) is 3. The van der Waals surface area contributed by atoms with E-state index < -0.39 is 24.5 Å². The van der Waals surface area contributed by atoms with Gasteiger partial charge in [0.1, 0.15) is 5.52 Å². The molecule has 7 nitrogen and oxygen atoms in total. The Balaban J connectivity index is 2.05. The summed E-state index contributed by atoms with van der Waals surface area (Å²) in [4.78, 5) is 26.2. The van der Waals surface area contributed by atoms with Crippen molar-refractivity contribution in [1.29, 1.82) is 0 Å². The van der Waals surface area contributed by atoms with Crippen LogP contribution in [0.3, 0.4) is 0 Å². The second kappa shape index (κ2) is 5.98. The molecule has 2 aromatic rings. The zero-order valence-electron chi connectivity index (χ0n) is 10.3. The van der Waals surface area contributed by atoms with Crippen LogP contribution in [-0.2, 0) is 9.59 Å². The standard InChI is InChI=1S/C13H12N2O5/c16-7-9(13(18)19)14-11(17)5-6-12-15-8-3-1-2-4-10(8)20-12/h1-6,9,16H,7H2,(H,14,17)(H,18,19)/b6-5+/t9-/m0/s1. The molecule has 7 heteroatoms. The van der Waals surface area contributed by atoms with E-state index in [9.17, 15) is 9.59 Å². The molecule has 0 aliphatic rings. The third kappa shape index (κ3) is 3.21. The zero-order chi connectivity index (χ0) is 14.5. The van der Waals surface area contributed by atoms with Gasteiger partial charge in [0.15, 0.2) is 11.6 Å². The molecule has 0 aliphatic carbocycles. The number of benzene rings is 1. The molecule has 1 amide bonds. The molecular formula is C13H12N2O5. The highest BCUT2D eigenvalue weighted by molar-refractivity contribution is 5.94. The van der Waals surface area contributed by atoms with E-state index in [4.69, 9.17) is 14.6 Å². The Bertz CT molecular complexity index is 629. The van der Waals surface area contributed by atoms with E-state index in [-0.39, 0.29) is 5.89 Å². The quantitative estimate of drug-likeness (QED) is 0.681. The number of aromatic nitrogens is 1. The second-order valence-electron chi connectivity index (χ2n) is 3.94. The van der Waals surface area contributed by atoms with Gasteiger partial charge in [0, 0.05) is 12.2 Å². The first-order chi connectivity index (χ1) is 9.60. The monoisotopic (exact) mass is 276 g/mol. The number of carboxylic acid groups (broad SMARTS) is 1. The van der Waals surface area contributed by atoms with Gasteiger partial charge in [0.05, 0.1) is 6.61 Å². The molecule has 0 spiro atoms. The van der Waals surface area contributed by atoms with Crippen molar-refractivity contribution in [2.75, 3.05) is 6.61 Å². The molecule has 1 atom stereocenters. The Kier molecular flexibility index (Phi) is 4.11. The molecule has 0 unspecified atom stereocenters. The molecule has 1 aromatic carbocycles. The molecule has 0 radical (unpaired) electrons. The van der Waals surface area contributed by atoms with E-state index >= 15 is 0 Å². The number of carbonyl (C=O) groups excluding carboxylic acids is 1. The molecule has 2 rings (SSSR count). The minimum absolute atomic E-state index is 0.234. The number of fused-ring (bicyclic) bond motifs is 1. The summed E-state index contributed by atoms with van der Waals surface area (Å²) in [6.07, 6.45) is 2.42. The van der Waals surface area contributed by atoms with Crippen LogP contribution in [0.15, 0.2) is 34.8 Å². The van der Waals surface area contributed by atoms with E-state index in [1.165, 1.54) is 6.08 Å². The third-order valence-corrected chi connectivity index (χ3v) is 2.48. The molecule has 0 aliphatic heterocycles. The Morgan fingerprint density at radius 3 is 2.80 bits per heavy atom. The number of carbonyl (C=O) groups is 2. The fourth-order valence-electron chi connectivity index (χ4n) is 1.51. The number of aliphatic hydroxyl groups is 1. The van der Waals surface area contributed by atoms with E-state index in [1.54, 1.807) is 18.2 Å². The Morgan fingerprint density at radius 1 is 1.40 bits per heavy atom. The van der Waals surface area contributed by atoms with E-state index in [0.29, 0.717) is 11.1 Å². The Labute approximate surface area is 113 Å². The molecule has 0 fully saturated rings. The predicted octanol–water partition coefficient (Wildman–Crippen LogP) is 0.403. The van der Waals surface area contributed by atoms with Crippen molar-refractivity contribution in [1.82, 2.24) is 10.3 Å². The molecule has 0 bridgehead atoms. The summed E-state index contributed by atoms with van der Waals surface area (Å²) in [6.45, 7) is -0.683. The van der Waals surface area contributed by atoms with Crippen molar-refractivity contribution in [2.45, 2.75) is 6.04 Å². The maximum atomic E-state index is 11.5. The first kappa shape index (κ1) is 13.8. The van der Waals surface area contributed by atoms with Gasteiger partial charge >= 0.3 is 5.97 Å². The van der Waals surface area contributed by atoms with Crippen LogP contribution in [0.2, 0.25) is 0 Å². The Hall–Kier alpha value is -2.67. The number of para-hydroxylation sites is 2. The molecule has 104 valence electrons. The van der Waals surface area contributed by atoms with Crippen molar-refractivity contribution >= 4 is 29.1 Å². The fraction of sp³-hybridized carbons (Fsp3) is 0.154. The summed E-state index contributed by atoms with van der Waals surface area (Å²) in [5.74, 6) is -1.73. The highest BCUT2D eigenvalue weighted by atomic mass is 16.4. The number of hydrogen-bond acceptors (Lipinski definition) is 5. The van der Waals surface area contributed by atoms with Gasteiger partial charge in [-0.05, 0) is 12.1 Å². The van der Waals surface area contributed by atoms with Crippen LogP contribution in [0.25, 0.3) is 17.2 Å².